The number of hydrogen-bond donors (Lipinski definition) is 2. The lowest BCUT2D eigenvalue weighted by molar-refractivity contribution is -0.143. The predicted molar refractivity (Wildman–Crippen MR) is 67.3 cm³/mol. The molecule has 0 spiro atoms. The molecule has 1 atom stereocenters. The van der Waals surface area contributed by atoms with Gasteiger partial charge in [-0.1, -0.05) is 38.1 Å². The van der Waals surface area contributed by atoms with Gasteiger partial charge in [0.05, 0.1) is 0 Å². The minimum atomic E-state index is -0.727. The summed E-state index contributed by atoms with van der Waals surface area (Å²) in [5, 5.41) is 12.6. The van der Waals surface area contributed by atoms with Gasteiger partial charge in [-0.3, -0.25) is 4.79 Å². The van der Waals surface area contributed by atoms with Gasteiger partial charge in [0.15, 0.2) is 0 Å². The molecule has 1 aromatic carbocycles. The maximum atomic E-state index is 11.5. The third-order valence-corrected chi connectivity index (χ3v) is 3.69. The SMILES string of the molecule is CC(C)c1ccc(C2(C(=O)O)CCNC2)cc1. The second kappa shape index (κ2) is 4.49. The highest BCUT2D eigenvalue weighted by atomic mass is 16.4. The molecular formula is C14H19NO2. The zero-order valence-electron chi connectivity index (χ0n) is 10.4. The molecule has 0 aliphatic carbocycles. The first-order valence-electron chi connectivity index (χ1n) is 6.11. The average Bonchev–Trinajstić information content (AvgIpc) is 2.79. The van der Waals surface area contributed by atoms with Gasteiger partial charge >= 0.3 is 5.97 Å². The van der Waals surface area contributed by atoms with E-state index in [4.69, 9.17) is 0 Å². The van der Waals surface area contributed by atoms with Crippen molar-refractivity contribution < 1.29 is 9.90 Å². The van der Waals surface area contributed by atoms with Crippen LogP contribution in [0.1, 0.15) is 37.3 Å². The number of carboxylic acid groups (broad SMARTS) is 1. The molecule has 0 aromatic heterocycles. The minimum absolute atomic E-state index is 0.478. The first-order chi connectivity index (χ1) is 8.06. The van der Waals surface area contributed by atoms with E-state index in [0.29, 0.717) is 18.9 Å². The number of carbonyl (C=O) groups is 1. The number of hydrogen-bond acceptors (Lipinski definition) is 2. The largest absolute Gasteiger partial charge is 0.481 e. The fraction of sp³-hybridized carbons (Fsp3) is 0.500. The number of carboxylic acids is 1. The highest BCUT2D eigenvalue weighted by Gasteiger charge is 2.42. The van der Waals surface area contributed by atoms with Crippen molar-refractivity contribution in [3.05, 3.63) is 35.4 Å². The molecular weight excluding hydrogens is 214 g/mol. The van der Waals surface area contributed by atoms with E-state index in [1.54, 1.807) is 0 Å². The molecule has 0 radical (unpaired) electrons. The van der Waals surface area contributed by atoms with Crippen molar-refractivity contribution in [1.29, 1.82) is 0 Å². The van der Waals surface area contributed by atoms with Crippen molar-refractivity contribution in [2.24, 2.45) is 0 Å². The van der Waals surface area contributed by atoms with Gasteiger partial charge in [0, 0.05) is 6.54 Å². The Bertz CT molecular complexity index is 403. The molecule has 1 aliphatic heterocycles. The lowest BCUT2D eigenvalue weighted by Gasteiger charge is -2.24. The van der Waals surface area contributed by atoms with Crippen molar-refractivity contribution in [1.82, 2.24) is 5.32 Å². The first-order valence-corrected chi connectivity index (χ1v) is 6.11. The van der Waals surface area contributed by atoms with Crippen LogP contribution >= 0.6 is 0 Å². The highest BCUT2D eigenvalue weighted by molar-refractivity contribution is 5.82. The predicted octanol–water partition coefficient (Wildman–Crippen LogP) is 2.13. The van der Waals surface area contributed by atoms with Crippen molar-refractivity contribution in [2.75, 3.05) is 13.1 Å². The Labute approximate surface area is 102 Å². The topological polar surface area (TPSA) is 49.3 Å². The third-order valence-electron chi connectivity index (χ3n) is 3.69. The Kier molecular flexibility index (Phi) is 3.20. The zero-order chi connectivity index (χ0) is 12.5. The van der Waals surface area contributed by atoms with E-state index in [9.17, 15) is 9.90 Å². The number of benzene rings is 1. The van der Waals surface area contributed by atoms with Crippen LogP contribution in [0.3, 0.4) is 0 Å². The molecule has 1 saturated heterocycles. The van der Waals surface area contributed by atoms with Crippen LogP contribution in [-0.4, -0.2) is 24.2 Å². The van der Waals surface area contributed by atoms with Crippen LogP contribution in [0.25, 0.3) is 0 Å². The summed E-state index contributed by atoms with van der Waals surface area (Å²) in [6.45, 7) is 5.58. The van der Waals surface area contributed by atoms with Crippen LogP contribution in [0.5, 0.6) is 0 Å². The first kappa shape index (κ1) is 12.1. The molecule has 1 heterocycles. The molecule has 1 aliphatic rings. The quantitative estimate of drug-likeness (QED) is 0.840. The fourth-order valence-electron chi connectivity index (χ4n) is 2.43. The molecule has 0 amide bonds. The molecule has 3 nitrogen and oxygen atoms in total. The normalized spacial score (nSPS) is 24.2. The van der Waals surface area contributed by atoms with Gasteiger partial charge in [-0.25, -0.2) is 0 Å². The van der Waals surface area contributed by atoms with Crippen LogP contribution in [0.15, 0.2) is 24.3 Å². The fourth-order valence-corrected chi connectivity index (χ4v) is 2.43. The van der Waals surface area contributed by atoms with E-state index in [-0.39, 0.29) is 0 Å². The highest BCUT2D eigenvalue weighted by Crippen LogP contribution is 2.32. The van der Waals surface area contributed by atoms with Crippen molar-refractivity contribution in [3.63, 3.8) is 0 Å². The minimum Gasteiger partial charge on any atom is -0.481 e. The third kappa shape index (κ3) is 2.07. The van der Waals surface area contributed by atoms with Gasteiger partial charge in [0.25, 0.3) is 0 Å². The van der Waals surface area contributed by atoms with E-state index in [1.165, 1.54) is 5.56 Å². The lowest BCUT2D eigenvalue weighted by Crippen LogP contribution is -2.37. The Hall–Kier alpha value is -1.35. The molecule has 0 saturated carbocycles. The molecule has 92 valence electrons. The second-order valence-corrected chi connectivity index (χ2v) is 5.09. The standard InChI is InChI=1S/C14H19NO2/c1-10(2)11-3-5-12(6-4-11)14(13(16)17)7-8-15-9-14/h3-6,10,15H,7-9H2,1-2H3,(H,16,17). The van der Waals surface area contributed by atoms with Gasteiger partial charge in [-0.05, 0) is 30.0 Å². The van der Waals surface area contributed by atoms with Gasteiger partial charge in [-0.15, -0.1) is 0 Å². The molecule has 1 unspecified atom stereocenters. The van der Waals surface area contributed by atoms with Crippen LogP contribution in [0, 0.1) is 0 Å². The van der Waals surface area contributed by atoms with E-state index < -0.39 is 11.4 Å². The maximum absolute atomic E-state index is 11.5. The summed E-state index contributed by atoms with van der Waals surface area (Å²) in [5.74, 6) is -0.244. The maximum Gasteiger partial charge on any atom is 0.315 e. The van der Waals surface area contributed by atoms with Crippen LogP contribution in [0.2, 0.25) is 0 Å². The van der Waals surface area contributed by atoms with Gasteiger partial charge in [-0.2, -0.15) is 0 Å². The summed E-state index contributed by atoms with van der Waals surface area (Å²) in [4.78, 5) is 11.5. The summed E-state index contributed by atoms with van der Waals surface area (Å²) in [7, 11) is 0. The van der Waals surface area contributed by atoms with Crippen molar-refractivity contribution in [3.8, 4) is 0 Å². The summed E-state index contributed by atoms with van der Waals surface area (Å²) in [5.41, 5.74) is 1.44. The summed E-state index contributed by atoms with van der Waals surface area (Å²) in [6, 6.07) is 8.03. The molecule has 2 rings (SSSR count). The summed E-state index contributed by atoms with van der Waals surface area (Å²) >= 11 is 0. The van der Waals surface area contributed by atoms with Crippen molar-refractivity contribution >= 4 is 5.97 Å². The molecule has 0 bridgehead atoms. The summed E-state index contributed by atoms with van der Waals surface area (Å²) in [6.07, 6.45) is 0.670. The monoisotopic (exact) mass is 233 g/mol. The molecule has 3 heteroatoms. The Morgan fingerprint density at radius 3 is 2.41 bits per heavy atom. The van der Waals surface area contributed by atoms with Gasteiger partial charge in [0.1, 0.15) is 5.41 Å². The van der Waals surface area contributed by atoms with Crippen LogP contribution in [-0.2, 0) is 10.2 Å². The zero-order valence-corrected chi connectivity index (χ0v) is 10.4. The van der Waals surface area contributed by atoms with E-state index in [1.807, 2.05) is 24.3 Å². The molecule has 2 N–H and O–H groups in total. The Morgan fingerprint density at radius 2 is 2.00 bits per heavy atom. The molecule has 17 heavy (non-hydrogen) atoms. The van der Waals surface area contributed by atoms with E-state index in [2.05, 4.69) is 19.2 Å². The van der Waals surface area contributed by atoms with E-state index in [0.717, 1.165) is 12.1 Å². The van der Waals surface area contributed by atoms with E-state index >= 15 is 0 Å². The number of nitrogens with one attached hydrogen (secondary N) is 1. The molecule has 1 aromatic rings. The Morgan fingerprint density at radius 1 is 1.35 bits per heavy atom. The smallest absolute Gasteiger partial charge is 0.315 e. The molecule has 1 fully saturated rings. The number of rotatable bonds is 3. The second-order valence-electron chi connectivity index (χ2n) is 5.09. The average molecular weight is 233 g/mol. The van der Waals surface area contributed by atoms with Crippen molar-refractivity contribution in [2.45, 2.75) is 31.6 Å². The van der Waals surface area contributed by atoms with Gasteiger partial charge < -0.3 is 10.4 Å². The van der Waals surface area contributed by atoms with Crippen LogP contribution < -0.4 is 5.32 Å². The van der Waals surface area contributed by atoms with Gasteiger partial charge in [0.2, 0.25) is 0 Å². The van der Waals surface area contributed by atoms with Crippen LogP contribution in [0.4, 0.5) is 0 Å². The Balaban J connectivity index is 2.35. The summed E-state index contributed by atoms with van der Waals surface area (Å²) < 4.78 is 0. The lowest BCUT2D eigenvalue weighted by atomic mass is 9.79. The number of aliphatic carboxylic acids is 1.